The molecule has 0 aliphatic carbocycles. The Kier molecular flexibility index (Phi) is 4.25. The zero-order valence-corrected chi connectivity index (χ0v) is 13.6. The molecular formula is C19H19NOS. The first-order valence-corrected chi connectivity index (χ1v) is 8.29. The van der Waals surface area contributed by atoms with Crippen molar-refractivity contribution in [3.63, 3.8) is 0 Å². The van der Waals surface area contributed by atoms with Gasteiger partial charge in [-0.2, -0.15) is 0 Å². The minimum atomic E-state index is 0.340. The van der Waals surface area contributed by atoms with Gasteiger partial charge in [0, 0.05) is 22.2 Å². The van der Waals surface area contributed by atoms with Crippen LogP contribution in [0.5, 0.6) is 5.75 Å². The van der Waals surface area contributed by atoms with Gasteiger partial charge in [-0.15, -0.1) is 11.3 Å². The smallest absolute Gasteiger partial charge is 0.143 e. The molecule has 0 spiro atoms. The highest BCUT2D eigenvalue weighted by molar-refractivity contribution is 7.21. The Hall–Kier alpha value is -2.13. The first kappa shape index (κ1) is 14.8. The number of hydrogen-bond donors (Lipinski definition) is 1. The maximum Gasteiger partial charge on any atom is 0.143 e. The van der Waals surface area contributed by atoms with Gasteiger partial charge in [-0.1, -0.05) is 56.3 Å². The Labute approximate surface area is 134 Å². The standard InChI is InChI=1S/C19H19NOS/c1-13(2)12-20-17(14-8-4-3-5-9-14)19-18(21)15-10-6-7-11-16(15)22-19/h3-11,13,21H,12H2,1-2H3. The van der Waals surface area contributed by atoms with Gasteiger partial charge < -0.3 is 5.11 Å². The zero-order chi connectivity index (χ0) is 15.5. The predicted molar refractivity (Wildman–Crippen MR) is 95.3 cm³/mol. The van der Waals surface area contributed by atoms with Gasteiger partial charge in [0.25, 0.3) is 0 Å². The van der Waals surface area contributed by atoms with Crippen LogP contribution in [-0.2, 0) is 0 Å². The number of benzene rings is 2. The molecule has 2 aromatic carbocycles. The normalized spacial score (nSPS) is 12.2. The zero-order valence-electron chi connectivity index (χ0n) is 12.8. The van der Waals surface area contributed by atoms with Crippen molar-refractivity contribution in [2.75, 3.05) is 6.54 Å². The number of aromatic hydroxyl groups is 1. The van der Waals surface area contributed by atoms with Crippen molar-refractivity contribution in [1.82, 2.24) is 0 Å². The van der Waals surface area contributed by atoms with Gasteiger partial charge in [0.15, 0.2) is 0 Å². The number of aliphatic imine (C=N–C) groups is 1. The van der Waals surface area contributed by atoms with Gasteiger partial charge in [0.1, 0.15) is 5.75 Å². The van der Waals surface area contributed by atoms with Crippen LogP contribution in [0.1, 0.15) is 24.3 Å². The van der Waals surface area contributed by atoms with Crippen LogP contribution in [0.3, 0.4) is 0 Å². The van der Waals surface area contributed by atoms with E-state index in [0.29, 0.717) is 11.7 Å². The highest BCUT2D eigenvalue weighted by Gasteiger charge is 2.17. The van der Waals surface area contributed by atoms with E-state index >= 15 is 0 Å². The van der Waals surface area contributed by atoms with Crippen LogP contribution >= 0.6 is 11.3 Å². The van der Waals surface area contributed by atoms with Crippen LogP contribution in [0.25, 0.3) is 10.1 Å². The minimum absolute atomic E-state index is 0.340. The Morgan fingerprint density at radius 1 is 1.05 bits per heavy atom. The molecule has 0 aliphatic heterocycles. The van der Waals surface area contributed by atoms with Crippen molar-refractivity contribution in [3.8, 4) is 5.75 Å². The lowest BCUT2D eigenvalue weighted by molar-refractivity contribution is 0.482. The number of thiophene rings is 1. The molecule has 0 radical (unpaired) electrons. The predicted octanol–water partition coefficient (Wildman–Crippen LogP) is 5.10. The summed E-state index contributed by atoms with van der Waals surface area (Å²) in [6.45, 7) is 5.05. The van der Waals surface area contributed by atoms with Crippen molar-refractivity contribution in [2.24, 2.45) is 10.9 Å². The molecule has 2 nitrogen and oxygen atoms in total. The fraction of sp³-hybridized carbons (Fsp3) is 0.211. The Balaban J connectivity index is 2.16. The highest BCUT2D eigenvalue weighted by atomic mass is 32.1. The molecule has 0 atom stereocenters. The van der Waals surface area contributed by atoms with Crippen molar-refractivity contribution >= 4 is 27.1 Å². The molecule has 3 rings (SSSR count). The molecule has 1 aromatic heterocycles. The molecule has 0 fully saturated rings. The van der Waals surface area contributed by atoms with E-state index in [1.165, 1.54) is 0 Å². The quantitative estimate of drug-likeness (QED) is 0.668. The highest BCUT2D eigenvalue weighted by Crippen LogP contribution is 2.38. The van der Waals surface area contributed by atoms with Crippen LogP contribution in [0.4, 0.5) is 0 Å². The SMILES string of the molecule is CC(C)CN=C(c1ccccc1)c1sc2ccccc2c1O. The van der Waals surface area contributed by atoms with Crippen LogP contribution in [0.15, 0.2) is 59.6 Å². The van der Waals surface area contributed by atoms with Crippen LogP contribution in [0, 0.1) is 5.92 Å². The summed E-state index contributed by atoms with van der Waals surface area (Å²) in [4.78, 5) is 5.64. The van der Waals surface area contributed by atoms with E-state index in [1.54, 1.807) is 11.3 Å². The Morgan fingerprint density at radius 2 is 1.73 bits per heavy atom. The maximum absolute atomic E-state index is 10.6. The largest absolute Gasteiger partial charge is 0.506 e. The van der Waals surface area contributed by atoms with E-state index in [4.69, 9.17) is 4.99 Å². The molecule has 1 heterocycles. The molecule has 0 unspecified atom stereocenters. The lowest BCUT2D eigenvalue weighted by Gasteiger charge is -2.07. The van der Waals surface area contributed by atoms with E-state index in [-0.39, 0.29) is 0 Å². The molecule has 22 heavy (non-hydrogen) atoms. The van der Waals surface area contributed by atoms with Crippen LogP contribution < -0.4 is 0 Å². The van der Waals surface area contributed by atoms with Crippen LogP contribution in [-0.4, -0.2) is 17.4 Å². The number of rotatable bonds is 4. The van der Waals surface area contributed by atoms with Gasteiger partial charge >= 0.3 is 0 Å². The van der Waals surface area contributed by atoms with Gasteiger partial charge in [0.2, 0.25) is 0 Å². The molecule has 3 heteroatoms. The van der Waals surface area contributed by atoms with E-state index in [2.05, 4.69) is 13.8 Å². The molecule has 0 saturated heterocycles. The van der Waals surface area contributed by atoms with Crippen LogP contribution in [0.2, 0.25) is 0 Å². The molecule has 3 aromatic rings. The van der Waals surface area contributed by atoms with Gasteiger partial charge in [-0.3, -0.25) is 4.99 Å². The molecular weight excluding hydrogens is 290 g/mol. The minimum Gasteiger partial charge on any atom is -0.506 e. The summed E-state index contributed by atoms with van der Waals surface area (Å²) in [6, 6.07) is 18.0. The topological polar surface area (TPSA) is 32.6 Å². The summed E-state index contributed by atoms with van der Waals surface area (Å²) < 4.78 is 1.09. The third kappa shape index (κ3) is 2.90. The molecule has 0 saturated carbocycles. The fourth-order valence-electron chi connectivity index (χ4n) is 2.36. The van der Waals surface area contributed by atoms with E-state index < -0.39 is 0 Å². The van der Waals surface area contributed by atoms with E-state index in [9.17, 15) is 5.11 Å². The second-order valence-electron chi connectivity index (χ2n) is 5.73. The first-order valence-electron chi connectivity index (χ1n) is 7.47. The molecule has 0 aliphatic rings. The Bertz CT molecular complexity index is 803. The monoisotopic (exact) mass is 309 g/mol. The maximum atomic E-state index is 10.6. The van der Waals surface area contributed by atoms with Crippen molar-refractivity contribution in [2.45, 2.75) is 13.8 Å². The summed E-state index contributed by atoms with van der Waals surface area (Å²) in [6.07, 6.45) is 0. The average Bonchev–Trinajstić information content (AvgIpc) is 2.86. The number of hydrogen-bond acceptors (Lipinski definition) is 3. The van der Waals surface area contributed by atoms with Crippen molar-refractivity contribution in [1.29, 1.82) is 0 Å². The molecule has 0 bridgehead atoms. The summed E-state index contributed by atoms with van der Waals surface area (Å²) in [5.74, 6) is 0.821. The van der Waals surface area contributed by atoms with E-state index in [0.717, 1.165) is 32.8 Å². The third-order valence-electron chi connectivity index (χ3n) is 3.45. The number of fused-ring (bicyclic) bond motifs is 1. The summed E-state index contributed by atoms with van der Waals surface area (Å²) in [7, 11) is 0. The van der Waals surface area contributed by atoms with Gasteiger partial charge in [0.05, 0.1) is 10.6 Å². The van der Waals surface area contributed by atoms with E-state index in [1.807, 2.05) is 54.6 Å². The lowest BCUT2D eigenvalue weighted by atomic mass is 10.1. The third-order valence-corrected chi connectivity index (χ3v) is 4.61. The van der Waals surface area contributed by atoms with Gasteiger partial charge in [-0.05, 0) is 18.1 Å². The average molecular weight is 309 g/mol. The summed E-state index contributed by atoms with van der Waals surface area (Å²) in [5, 5.41) is 11.5. The summed E-state index contributed by atoms with van der Waals surface area (Å²) in [5.41, 5.74) is 1.93. The van der Waals surface area contributed by atoms with Crippen molar-refractivity contribution < 1.29 is 5.11 Å². The number of nitrogens with zero attached hydrogens (tertiary/aromatic N) is 1. The fourth-order valence-corrected chi connectivity index (χ4v) is 3.48. The first-order chi connectivity index (χ1) is 10.7. The molecule has 0 amide bonds. The second kappa shape index (κ2) is 6.32. The molecule has 1 N–H and O–H groups in total. The molecule has 112 valence electrons. The van der Waals surface area contributed by atoms with Gasteiger partial charge in [-0.25, -0.2) is 0 Å². The summed E-state index contributed by atoms with van der Waals surface area (Å²) >= 11 is 1.60. The lowest BCUT2D eigenvalue weighted by Crippen LogP contribution is -2.05. The van der Waals surface area contributed by atoms with Crippen molar-refractivity contribution in [3.05, 3.63) is 65.0 Å². The second-order valence-corrected chi connectivity index (χ2v) is 6.78. The Morgan fingerprint density at radius 3 is 2.41 bits per heavy atom.